The molecule has 2 saturated carbocycles. The second-order valence-electron chi connectivity index (χ2n) is 8.49. The number of ether oxygens (including phenoxy) is 1. The molecule has 3 aliphatic carbocycles. The third kappa shape index (κ3) is 1.95. The van der Waals surface area contributed by atoms with Crippen LogP contribution in [0.15, 0.2) is 18.2 Å². The Morgan fingerprint density at radius 3 is 2.85 bits per heavy atom. The first-order chi connectivity index (χ1) is 12.5. The summed E-state index contributed by atoms with van der Waals surface area (Å²) >= 11 is 0. The maximum absolute atomic E-state index is 12.9. The summed E-state index contributed by atoms with van der Waals surface area (Å²) in [4.78, 5) is 27.3. The van der Waals surface area contributed by atoms with E-state index in [4.69, 9.17) is 4.74 Å². The van der Waals surface area contributed by atoms with Crippen molar-refractivity contribution in [1.82, 2.24) is 4.90 Å². The van der Waals surface area contributed by atoms with Gasteiger partial charge in [0.25, 0.3) is 0 Å². The molecule has 0 aromatic heterocycles. The number of carbonyl (C=O) groups is 2. The van der Waals surface area contributed by atoms with Crippen molar-refractivity contribution in [3.63, 3.8) is 0 Å². The normalized spacial score (nSPS) is 35.5. The minimum atomic E-state index is -1.05. The van der Waals surface area contributed by atoms with Gasteiger partial charge in [-0.05, 0) is 43.7 Å². The fourth-order valence-corrected chi connectivity index (χ4v) is 5.87. The zero-order chi connectivity index (χ0) is 18.1. The Morgan fingerprint density at radius 2 is 2.12 bits per heavy atom. The second-order valence-corrected chi connectivity index (χ2v) is 8.49. The molecule has 1 heterocycles. The molecule has 5 nitrogen and oxygen atoms in total. The quantitative estimate of drug-likeness (QED) is 0.881. The molecular weight excluding hydrogens is 330 g/mol. The third-order valence-electron chi connectivity index (χ3n) is 7.25. The first-order valence-corrected chi connectivity index (χ1v) is 9.71. The van der Waals surface area contributed by atoms with Crippen molar-refractivity contribution in [3.05, 3.63) is 29.3 Å². The van der Waals surface area contributed by atoms with E-state index in [0.29, 0.717) is 38.6 Å². The van der Waals surface area contributed by atoms with Crippen LogP contribution in [0.3, 0.4) is 0 Å². The number of piperidine rings is 1. The number of methoxy groups -OCH3 is 1. The highest BCUT2D eigenvalue weighted by atomic mass is 16.5. The molecule has 26 heavy (non-hydrogen) atoms. The Bertz CT molecular complexity index is 801. The number of hydrogen-bond donors (Lipinski definition) is 1. The highest BCUT2D eigenvalue weighted by Gasteiger charge is 2.66. The van der Waals surface area contributed by atoms with Gasteiger partial charge in [0.2, 0.25) is 5.91 Å². The number of aliphatic hydroxyl groups is 1. The minimum absolute atomic E-state index is 0.142. The Labute approximate surface area is 153 Å². The Hall–Kier alpha value is -1.88. The first-order valence-electron chi connectivity index (χ1n) is 9.71. The van der Waals surface area contributed by atoms with Gasteiger partial charge in [-0.2, -0.15) is 0 Å². The van der Waals surface area contributed by atoms with Crippen molar-refractivity contribution in [3.8, 4) is 5.75 Å². The van der Waals surface area contributed by atoms with E-state index in [1.54, 1.807) is 7.11 Å². The third-order valence-corrected chi connectivity index (χ3v) is 7.25. The average Bonchev–Trinajstić information content (AvgIpc) is 3.46. The molecule has 0 unspecified atom stereocenters. The lowest BCUT2D eigenvalue weighted by Gasteiger charge is -2.63. The van der Waals surface area contributed by atoms with Gasteiger partial charge < -0.3 is 14.7 Å². The van der Waals surface area contributed by atoms with Gasteiger partial charge in [-0.15, -0.1) is 0 Å². The van der Waals surface area contributed by atoms with E-state index < -0.39 is 11.0 Å². The van der Waals surface area contributed by atoms with E-state index >= 15 is 0 Å². The molecule has 1 saturated heterocycles. The highest BCUT2D eigenvalue weighted by Crippen LogP contribution is 2.59. The van der Waals surface area contributed by atoms with Crippen LogP contribution < -0.4 is 4.74 Å². The number of amides is 1. The summed E-state index contributed by atoms with van der Waals surface area (Å²) in [6, 6.07) is 5.72. The van der Waals surface area contributed by atoms with Crippen molar-refractivity contribution in [1.29, 1.82) is 0 Å². The van der Waals surface area contributed by atoms with Gasteiger partial charge >= 0.3 is 0 Å². The molecule has 2 bridgehead atoms. The maximum atomic E-state index is 12.9. The molecule has 0 radical (unpaired) electrons. The fraction of sp³-hybridized carbons (Fsp3) is 0.619. The molecule has 138 valence electrons. The molecule has 1 aromatic rings. The summed E-state index contributed by atoms with van der Waals surface area (Å²) in [5.74, 6) is 1.30. The average molecular weight is 355 g/mol. The number of benzene rings is 1. The monoisotopic (exact) mass is 355 g/mol. The minimum Gasteiger partial charge on any atom is -0.496 e. The number of hydrogen-bond acceptors (Lipinski definition) is 4. The lowest BCUT2D eigenvalue weighted by Crippen LogP contribution is -2.74. The lowest BCUT2D eigenvalue weighted by atomic mass is 9.49. The summed E-state index contributed by atoms with van der Waals surface area (Å²) < 4.78 is 5.65. The number of Topliss-reactive ketones (excluding diaryl/α,β-unsaturated/α-hetero) is 1. The number of carbonyl (C=O) groups excluding carboxylic acids is 2. The van der Waals surface area contributed by atoms with Gasteiger partial charge in [-0.25, -0.2) is 0 Å². The molecule has 5 rings (SSSR count). The van der Waals surface area contributed by atoms with Gasteiger partial charge in [0.05, 0.1) is 18.8 Å². The fourth-order valence-electron chi connectivity index (χ4n) is 5.87. The molecule has 0 spiro atoms. The topological polar surface area (TPSA) is 66.8 Å². The van der Waals surface area contributed by atoms with Crippen molar-refractivity contribution >= 4 is 11.7 Å². The number of likely N-dealkylation sites (tertiary alicyclic amines) is 1. The molecule has 3 atom stereocenters. The van der Waals surface area contributed by atoms with Crippen LogP contribution in [0, 0.1) is 5.92 Å². The number of nitrogens with zero attached hydrogens (tertiary/aromatic N) is 1. The predicted molar refractivity (Wildman–Crippen MR) is 95.0 cm³/mol. The molecule has 1 N–H and O–H groups in total. The van der Waals surface area contributed by atoms with Crippen molar-refractivity contribution in [2.24, 2.45) is 5.92 Å². The Balaban J connectivity index is 1.70. The number of rotatable bonds is 2. The van der Waals surface area contributed by atoms with Crippen LogP contribution >= 0.6 is 0 Å². The molecule has 1 amide bonds. The molecule has 1 aromatic carbocycles. The Kier molecular flexibility index (Phi) is 3.34. The molecule has 3 fully saturated rings. The first kappa shape index (κ1) is 16.3. The van der Waals surface area contributed by atoms with Gasteiger partial charge in [0.1, 0.15) is 11.5 Å². The number of ketones is 1. The van der Waals surface area contributed by atoms with Crippen LogP contribution in [0.25, 0.3) is 0 Å². The summed E-state index contributed by atoms with van der Waals surface area (Å²) in [5.41, 5.74) is 0.439. The van der Waals surface area contributed by atoms with Gasteiger partial charge in [0, 0.05) is 36.3 Å². The SMILES string of the molecule is COc1cccc2c1[C@]13CCN(C(=O)C4CC4)[C@H](C2)[C@]1(O)CCC(=O)C3. The van der Waals surface area contributed by atoms with Crippen LogP contribution in [-0.2, 0) is 21.4 Å². The van der Waals surface area contributed by atoms with Crippen LogP contribution in [0.1, 0.15) is 49.7 Å². The molecule has 5 heteroatoms. The summed E-state index contributed by atoms with van der Waals surface area (Å²) in [5, 5.41) is 12.0. The zero-order valence-corrected chi connectivity index (χ0v) is 15.2. The second kappa shape index (κ2) is 5.32. The van der Waals surface area contributed by atoms with Gasteiger partial charge in [-0.3, -0.25) is 9.59 Å². The van der Waals surface area contributed by atoms with Crippen LogP contribution in [0.4, 0.5) is 0 Å². The highest BCUT2D eigenvalue weighted by molar-refractivity contribution is 5.85. The zero-order valence-electron chi connectivity index (χ0n) is 15.2. The largest absolute Gasteiger partial charge is 0.496 e. The maximum Gasteiger partial charge on any atom is 0.226 e. The molecule has 1 aliphatic heterocycles. The van der Waals surface area contributed by atoms with Crippen molar-refractivity contribution < 1.29 is 19.4 Å². The summed E-state index contributed by atoms with van der Waals surface area (Å²) in [7, 11) is 1.65. The Morgan fingerprint density at radius 1 is 1.31 bits per heavy atom. The van der Waals surface area contributed by atoms with E-state index in [1.165, 1.54) is 0 Å². The van der Waals surface area contributed by atoms with Gasteiger partial charge in [0.15, 0.2) is 0 Å². The smallest absolute Gasteiger partial charge is 0.226 e. The van der Waals surface area contributed by atoms with E-state index in [-0.39, 0.29) is 23.7 Å². The van der Waals surface area contributed by atoms with Crippen LogP contribution in [-0.4, -0.2) is 47.0 Å². The summed E-state index contributed by atoms with van der Waals surface area (Å²) in [6.45, 7) is 0.618. The van der Waals surface area contributed by atoms with E-state index in [2.05, 4.69) is 6.07 Å². The van der Waals surface area contributed by atoms with Crippen LogP contribution in [0.5, 0.6) is 5.75 Å². The summed E-state index contributed by atoms with van der Waals surface area (Å²) in [6.07, 6.45) is 4.37. The molecular formula is C21H25NO4. The van der Waals surface area contributed by atoms with Crippen LogP contribution in [0.2, 0.25) is 0 Å². The van der Waals surface area contributed by atoms with Crippen molar-refractivity contribution in [2.45, 2.75) is 62.0 Å². The van der Waals surface area contributed by atoms with Crippen molar-refractivity contribution in [2.75, 3.05) is 13.7 Å². The van der Waals surface area contributed by atoms with E-state index in [9.17, 15) is 14.7 Å². The predicted octanol–water partition coefficient (Wildman–Crippen LogP) is 1.98. The molecule has 4 aliphatic rings. The lowest BCUT2D eigenvalue weighted by molar-refractivity contribution is -0.181. The number of fused-ring (bicyclic) bond motifs is 1. The van der Waals surface area contributed by atoms with Gasteiger partial charge in [-0.1, -0.05) is 12.1 Å². The van der Waals surface area contributed by atoms with E-state index in [1.807, 2.05) is 17.0 Å². The standard InChI is InChI=1S/C21H25NO4/c1-26-16-4-2-3-14-11-17-21(25)8-7-15(23)12-20(21,18(14)16)9-10-22(17)19(24)13-5-6-13/h2-4,13,17,25H,5-12H2,1H3/t17-,20-,21-/m1/s1. The van der Waals surface area contributed by atoms with E-state index in [0.717, 1.165) is 29.7 Å².